The van der Waals surface area contributed by atoms with Crippen LogP contribution in [-0.4, -0.2) is 51.2 Å². The van der Waals surface area contributed by atoms with Gasteiger partial charge in [-0.25, -0.2) is 0 Å². The highest BCUT2D eigenvalue weighted by atomic mass is 16.4. The number of carbonyl (C=O) groups excluding carboxylic acids is 2. The molecule has 0 heterocycles. The minimum atomic E-state index is -1.55. The van der Waals surface area contributed by atoms with Crippen LogP contribution in [0.3, 0.4) is 0 Å². The topological polar surface area (TPSA) is 80.3 Å². The quantitative estimate of drug-likeness (QED) is 0.395. The van der Waals surface area contributed by atoms with Crippen molar-refractivity contribution in [3.63, 3.8) is 0 Å². The number of aliphatic carboxylic acids is 2. The van der Waals surface area contributed by atoms with Crippen LogP contribution in [0.4, 0.5) is 11.4 Å². The van der Waals surface area contributed by atoms with Gasteiger partial charge in [-0.2, -0.15) is 0 Å². The fourth-order valence-corrected chi connectivity index (χ4v) is 4.06. The maximum Gasteiger partial charge on any atom is 0.132 e. The second-order valence-electron chi connectivity index (χ2n) is 7.83. The van der Waals surface area contributed by atoms with E-state index in [0.717, 1.165) is 8.97 Å². The number of para-hydroxylation sites is 2. The van der Waals surface area contributed by atoms with Crippen LogP contribution >= 0.6 is 0 Å². The Morgan fingerprint density at radius 2 is 0.794 bits per heavy atom. The van der Waals surface area contributed by atoms with Crippen molar-refractivity contribution in [3.05, 3.63) is 72.8 Å². The smallest absolute Gasteiger partial charge is 0.132 e. The first-order valence-corrected chi connectivity index (χ1v) is 12.1. The molecule has 0 aromatic heterocycles. The Morgan fingerprint density at radius 1 is 0.559 bits per heavy atom. The summed E-state index contributed by atoms with van der Waals surface area (Å²) in [6.45, 7) is 20.6. The van der Waals surface area contributed by atoms with Gasteiger partial charge in [-0.15, -0.1) is 0 Å². The van der Waals surface area contributed by atoms with Crippen LogP contribution < -0.4 is 19.2 Å². The van der Waals surface area contributed by atoms with E-state index in [4.69, 9.17) is 0 Å². The summed E-state index contributed by atoms with van der Waals surface area (Å²) in [7, 11) is 0. The van der Waals surface area contributed by atoms with Crippen molar-refractivity contribution < 1.29 is 19.8 Å². The third-order valence-corrected chi connectivity index (χ3v) is 6.60. The van der Waals surface area contributed by atoms with Crippen molar-refractivity contribution in [1.82, 2.24) is 8.97 Å². The number of carboxylic acids is 2. The van der Waals surface area contributed by atoms with Gasteiger partial charge < -0.3 is 19.8 Å². The SMILES string of the molecule is CC[N+](CC)(CC)c1ccccc1.CC[N+](CC)(CC)c1ccccc1.O=C([O-])/C=C/C(=O)[O-]. The predicted molar refractivity (Wildman–Crippen MR) is 139 cm³/mol. The largest absolute Gasteiger partial charge is 0.545 e. The van der Waals surface area contributed by atoms with Gasteiger partial charge in [-0.05, 0) is 78.0 Å². The lowest BCUT2D eigenvalue weighted by molar-refractivity contribution is -0.301. The summed E-state index contributed by atoms with van der Waals surface area (Å²) in [5.74, 6) is -3.09. The third kappa shape index (κ3) is 9.89. The molecule has 0 radical (unpaired) electrons. The van der Waals surface area contributed by atoms with E-state index in [1.165, 1.54) is 50.6 Å². The molecule has 0 aliphatic carbocycles. The van der Waals surface area contributed by atoms with E-state index in [9.17, 15) is 19.8 Å². The maximum absolute atomic E-state index is 9.41. The van der Waals surface area contributed by atoms with E-state index in [1.807, 2.05) is 0 Å². The standard InChI is InChI=1S/2C12H20N.C4H4O4/c2*1-4-13(5-2,6-3)12-10-8-7-9-11-12;5-3(6)1-2-4(7)8/h2*7-11H,4-6H2,1-3H3;1-2H,(H,5,6)(H,7,8)/q2*+1;/p-2/b;;2-1+. The molecule has 0 amide bonds. The van der Waals surface area contributed by atoms with E-state index >= 15 is 0 Å². The van der Waals surface area contributed by atoms with E-state index in [-0.39, 0.29) is 0 Å². The minimum Gasteiger partial charge on any atom is -0.545 e. The Bertz CT molecular complexity index is 755. The monoisotopic (exact) mass is 470 g/mol. The molecule has 0 aliphatic heterocycles. The van der Waals surface area contributed by atoms with Crippen molar-refractivity contribution >= 4 is 23.3 Å². The number of hydrogen-bond donors (Lipinski definition) is 0. The molecule has 2 aromatic carbocycles. The first-order chi connectivity index (χ1) is 16.2. The number of rotatable bonds is 10. The van der Waals surface area contributed by atoms with Gasteiger partial charge in [0.25, 0.3) is 0 Å². The number of nitrogens with zero attached hydrogens (tertiary/aromatic N) is 2. The van der Waals surface area contributed by atoms with E-state index in [2.05, 4.69) is 102 Å². The van der Waals surface area contributed by atoms with Gasteiger partial charge in [0, 0.05) is 0 Å². The van der Waals surface area contributed by atoms with Crippen LogP contribution in [0, 0.1) is 0 Å². The van der Waals surface area contributed by atoms with Gasteiger partial charge in [0.2, 0.25) is 0 Å². The van der Waals surface area contributed by atoms with Crippen molar-refractivity contribution in [2.45, 2.75) is 41.5 Å². The summed E-state index contributed by atoms with van der Waals surface area (Å²) in [6.07, 6.45) is 0.769. The summed E-state index contributed by atoms with van der Waals surface area (Å²) < 4.78 is 2.20. The van der Waals surface area contributed by atoms with Gasteiger partial charge >= 0.3 is 0 Å². The molecule has 0 saturated carbocycles. The first kappa shape index (κ1) is 31.0. The Labute approximate surface area is 206 Å². The molecule has 0 spiro atoms. The summed E-state index contributed by atoms with van der Waals surface area (Å²) in [6, 6.07) is 21.6. The van der Waals surface area contributed by atoms with Gasteiger partial charge in [-0.3, -0.25) is 8.97 Å². The van der Waals surface area contributed by atoms with Crippen LogP contribution in [0.2, 0.25) is 0 Å². The lowest BCUT2D eigenvalue weighted by atomic mass is 10.2. The van der Waals surface area contributed by atoms with Crippen LogP contribution in [0.5, 0.6) is 0 Å². The molecule has 6 heteroatoms. The zero-order valence-corrected chi connectivity index (χ0v) is 21.7. The zero-order valence-electron chi connectivity index (χ0n) is 21.7. The molecule has 2 rings (SSSR count). The highest BCUT2D eigenvalue weighted by molar-refractivity contribution is 5.87. The van der Waals surface area contributed by atoms with E-state index in [0.29, 0.717) is 12.2 Å². The Balaban J connectivity index is 0.000000497. The number of benzene rings is 2. The highest BCUT2D eigenvalue weighted by Gasteiger charge is 2.24. The molecule has 2 aromatic rings. The molecule has 0 atom stereocenters. The van der Waals surface area contributed by atoms with Crippen molar-refractivity contribution in [1.29, 1.82) is 0 Å². The van der Waals surface area contributed by atoms with E-state index in [1.54, 1.807) is 0 Å². The molecule has 0 saturated heterocycles. The average molecular weight is 471 g/mol. The molecular weight excluding hydrogens is 428 g/mol. The number of hydrogen-bond acceptors (Lipinski definition) is 4. The Morgan fingerprint density at radius 3 is 0.971 bits per heavy atom. The van der Waals surface area contributed by atoms with Crippen molar-refractivity contribution in [3.8, 4) is 0 Å². The highest BCUT2D eigenvalue weighted by Crippen LogP contribution is 2.22. The fraction of sp³-hybridized carbons (Fsp3) is 0.429. The predicted octanol–water partition coefficient (Wildman–Crippen LogP) is 3.15. The van der Waals surface area contributed by atoms with Crippen LogP contribution in [0.15, 0.2) is 72.8 Å². The summed E-state index contributed by atoms with van der Waals surface area (Å²) in [5.41, 5.74) is 2.88. The maximum atomic E-state index is 9.41. The van der Waals surface area contributed by atoms with E-state index < -0.39 is 11.9 Å². The Hall–Kier alpha value is -2.96. The number of quaternary nitrogens is 2. The molecule has 6 nitrogen and oxygen atoms in total. The minimum absolute atomic E-state index is 0.384. The lowest BCUT2D eigenvalue weighted by Gasteiger charge is -2.35. The van der Waals surface area contributed by atoms with Crippen LogP contribution in [-0.2, 0) is 9.59 Å². The van der Waals surface area contributed by atoms with Crippen molar-refractivity contribution in [2.24, 2.45) is 0 Å². The zero-order chi connectivity index (χ0) is 26.0. The van der Waals surface area contributed by atoms with Gasteiger partial charge in [0.1, 0.15) is 11.4 Å². The molecule has 0 fully saturated rings. The second-order valence-corrected chi connectivity index (χ2v) is 7.83. The molecule has 0 bridgehead atoms. The summed E-state index contributed by atoms with van der Waals surface area (Å²) in [5, 5.41) is 18.8. The fourth-order valence-electron chi connectivity index (χ4n) is 4.06. The molecule has 0 aliphatic rings. The average Bonchev–Trinajstić information content (AvgIpc) is 2.88. The molecule has 0 unspecified atom stereocenters. The molecule has 34 heavy (non-hydrogen) atoms. The van der Waals surface area contributed by atoms with Crippen molar-refractivity contribution in [2.75, 3.05) is 39.3 Å². The second kappa shape index (κ2) is 16.6. The summed E-state index contributed by atoms with van der Waals surface area (Å²) >= 11 is 0. The molecule has 0 N–H and O–H groups in total. The lowest BCUT2D eigenvalue weighted by Crippen LogP contribution is -2.48. The molecular formula is C28H42N2O4. The van der Waals surface area contributed by atoms with Crippen LogP contribution in [0.1, 0.15) is 41.5 Å². The third-order valence-electron chi connectivity index (χ3n) is 6.60. The van der Waals surface area contributed by atoms with Gasteiger partial charge in [0.05, 0.1) is 51.2 Å². The summed E-state index contributed by atoms with van der Waals surface area (Å²) in [4.78, 5) is 18.8. The number of carboxylic acid groups (broad SMARTS) is 2. The normalized spacial score (nSPS) is 11.1. The van der Waals surface area contributed by atoms with Crippen LogP contribution in [0.25, 0.3) is 0 Å². The van der Waals surface area contributed by atoms with Gasteiger partial charge in [0.15, 0.2) is 0 Å². The number of carbonyl (C=O) groups is 2. The first-order valence-electron chi connectivity index (χ1n) is 12.1. The molecule has 188 valence electrons. The van der Waals surface area contributed by atoms with Gasteiger partial charge in [-0.1, -0.05) is 36.4 Å². The Kier molecular flexibility index (Phi) is 15.2.